The van der Waals surface area contributed by atoms with Gasteiger partial charge in [-0.2, -0.15) is 0 Å². The second kappa shape index (κ2) is 8.89. The van der Waals surface area contributed by atoms with Crippen molar-refractivity contribution in [3.05, 3.63) is 89.5 Å². The fourth-order valence-corrected chi connectivity index (χ4v) is 3.69. The summed E-state index contributed by atoms with van der Waals surface area (Å²) < 4.78 is 10.6. The third kappa shape index (κ3) is 3.78. The van der Waals surface area contributed by atoms with Crippen molar-refractivity contribution in [2.75, 3.05) is 14.2 Å². The molecular weight excluding hydrogens is 410 g/mol. The van der Waals surface area contributed by atoms with Gasteiger partial charge in [-0.1, -0.05) is 12.1 Å². The fourth-order valence-electron chi connectivity index (χ4n) is 3.69. The van der Waals surface area contributed by atoms with E-state index in [0.717, 1.165) is 0 Å². The van der Waals surface area contributed by atoms with Gasteiger partial charge in [-0.25, -0.2) is 0 Å². The zero-order chi connectivity index (χ0) is 22.7. The van der Waals surface area contributed by atoms with E-state index in [2.05, 4.69) is 9.97 Å². The predicted molar refractivity (Wildman–Crippen MR) is 116 cm³/mol. The van der Waals surface area contributed by atoms with Crippen molar-refractivity contribution in [2.24, 2.45) is 0 Å². The van der Waals surface area contributed by atoms with E-state index in [1.165, 1.54) is 19.1 Å². The van der Waals surface area contributed by atoms with Gasteiger partial charge in [0, 0.05) is 18.5 Å². The number of aliphatic hydroxyl groups excluding tert-OH is 1. The van der Waals surface area contributed by atoms with Gasteiger partial charge in [0.2, 0.25) is 0 Å². The zero-order valence-electron chi connectivity index (χ0n) is 17.6. The second-order valence-electron chi connectivity index (χ2n) is 7.07. The number of hydrogen-bond donors (Lipinski definition) is 1. The number of ether oxygens (including phenoxy) is 2. The summed E-state index contributed by atoms with van der Waals surface area (Å²) in [5.41, 5.74) is 1.27. The molecule has 0 bridgehead atoms. The lowest BCUT2D eigenvalue weighted by Gasteiger charge is -2.24. The zero-order valence-corrected chi connectivity index (χ0v) is 17.6. The molecule has 1 atom stereocenters. The highest BCUT2D eigenvalue weighted by Gasteiger charge is 2.47. The molecule has 162 valence electrons. The fraction of sp³-hybridized carbons (Fsp3) is 0.167. The van der Waals surface area contributed by atoms with Gasteiger partial charge in [0.15, 0.2) is 0 Å². The molecule has 0 spiro atoms. The van der Waals surface area contributed by atoms with Crippen molar-refractivity contribution in [1.82, 2.24) is 14.9 Å². The van der Waals surface area contributed by atoms with E-state index in [1.807, 2.05) is 0 Å². The Morgan fingerprint density at radius 3 is 2.38 bits per heavy atom. The van der Waals surface area contributed by atoms with Crippen molar-refractivity contribution in [2.45, 2.75) is 12.6 Å². The molecule has 8 heteroatoms. The minimum atomic E-state index is -0.884. The van der Waals surface area contributed by atoms with Crippen LogP contribution in [0.1, 0.15) is 23.0 Å². The predicted octanol–water partition coefficient (Wildman–Crippen LogP) is 3.12. The van der Waals surface area contributed by atoms with E-state index in [4.69, 9.17) is 9.47 Å². The van der Waals surface area contributed by atoms with Gasteiger partial charge in [0.05, 0.1) is 43.3 Å². The number of aliphatic hydroxyl groups is 1. The Labute approximate surface area is 184 Å². The number of aromatic nitrogens is 2. The Morgan fingerprint density at radius 2 is 1.75 bits per heavy atom. The molecule has 8 nitrogen and oxygen atoms in total. The Kier molecular flexibility index (Phi) is 5.85. The number of likely N-dealkylation sites (tertiary alicyclic amines) is 1. The van der Waals surface area contributed by atoms with Gasteiger partial charge in [-0.15, -0.1) is 0 Å². The molecule has 1 unspecified atom stereocenters. The number of carbonyl (C=O) groups excluding carboxylic acids is 2. The lowest BCUT2D eigenvalue weighted by Crippen LogP contribution is -2.29. The number of Topliss-reactive ketones (excluding diaryl/α,β-unsaturated/α-hetero) is 1. The largest absolute Gasteiger partial charge is 0.507 e. The van der Waals surface area contributed by atoms with Crippen LogP contribution in [0.25, 0.3) is 5.76 Å². The maximum Gasteiger partial charge on any atom is 0.296 e. The molecule has 3 heterocycles. The standard InChI is InChI=1S/C24H21N3O5/c1-31-16-9-10-17(19(13-16)32-2)22(28)20-21(18-8-4-6-12-26-18)27(24(30)23(20)29)14-15-7-3-5-11-25-15/h3-13,21,28H,14H2,1-2H3/b22-20-. The highest BCUT2D eigenvalue weighted by Crippen LogP contribution is 2.41. The van der Waals surface area contributed by atoms with Gasteiger partial charge < -0.3 is 19.5 Å². The van der Waals surface area contributed by atoms with Crippen LogP contribution in [0, 0.1) is 0 Å². The van der Waals surface area contributed by atoms with Crippen molar-refractivity contribution in [3.63, 3.8) is 0 Å². The Hall–Kier alpha value is -4.20. The number of benzene rings is 1. The van der Waals surface area contributed by atoms with Gasteiger partial charge in [0.25, 0.3) is 11.7 Å². The summed E-state index contributed by atoms with van der Waals surface area (Å²) in [6.07, 6.45) is 3.19. The van der Waals surface area contributed by atoms with Crippen LogP contribution in [0.15, 0.2) is 72.6 Å². The number of pyridine rings is 2. The van der Waals surface area contributed by atoms with Gasteiger partial charge in [-0.3, -0.25) is 19.6 Å². The third-order valence-corrected chi connectivity index (χ3v) is 5.23. The molecule has 0 saturated carbocycles. The van der Waals surface area contributed by atoms with Gasteiger partial charge >= 0.3 is 0 Å². The first-order chi connectivity index (χ1) is 15.5. The van der Waals surface area contributed by atoms with E-state index in [9.17, 15) is 14.7 Å². The monoisotopic (exact) mass is 431 g/mol. The van der Waals surface area contributed by atoms with Crippen molar-refractivity contribution in [1.29, 1.82) is 0 Å². The Morgan fingerprint density at radius 1 is 1.00 bits per heavy atom. The Bertz CT molecular complexity index is 1180. The van der Waals surface area contributed by atoms with Gasteiger partial charge in [-0.05, 0) is 36.4 Å². The summed E-state index contributed by atoms with van der Waals surface area (Å²) in [6, 6.07) is 14.5. The van der Waals surface area contributed by atoms with Crippen LogP contribution in [0.4, 0.5) is 0 Å². The summed E-state index contributed by atoms with van der Waals surface area (Å²) in [7, 11) is 2.96. The minimum Gasteiger partial charge on any atom is -0.507 e. The van der Waals surface area contributed by atoms with Crippen LogP contribution in [0.5, 0.6) is 11.5 Å². The van der Waals surface area contributed by atoms with Crippen LogP contribution in [0.3, 0.4) is 0 Å². The first kappa shape index (κ1) is 21.0. The SMILES string of the molecule is COc1ccc(/C(O)=C2/C(=O)C(=O)N(Cc3ccccn3)C2c2ccccn2)c(OC)c1. The Balaban J connectivity index is 1.88. The summed E-state index contributed by atoms with van der Waals surface area (Å²) in [6.45, 7) is 0.0865. The molecule has 1 amide bonds. The lowest BCUT2D eigenvalue weighted by atomic mass is 9.97. The average molecular weight is 431 g/mol. The molecule has 1 N–H and O–H groups in total. The summed E-state index contributed by atoms with van der Waals surface area (Å²) in [5, 5.41) is 11.2. The number of amides is 1. The van der Waals surface area contributed by atoms with Crippen molar-refractivity contribution < 1.29 is 24.2 Å². The van der Waals surface area contributed by atoms with Crippen LogP contribution >= 0.6 is 0 Å². The number of rotatable bonds is 6. The number of carbonyl (C=O) groups is 2. The van der Waals surface area contributed by atoms with Crippen LogP contribution in [0.2, 0.25) is 0 Å². The summed E-state index contributed by atoms with van der Waals surface area (Å²) in [5.74, 6) is -1.05. The highest BCUT2D eigenvalue weighted by molar-refractivity contribution is 6.46. The third-order valence-electron chi connectivity index (χ3n) is 5.23. The van der Waals surface area contributed by atoms with Crippen molar-refractivity contribution in [3.8, 4) is 11.5 Å². The molecule has 0 radical (unpaired) electrons. The van der Waals surface area contributed by atoms with E-state index in [-0.39, 0.29) is 23.4 Å². The topological polar surface area (TPSA) is 102 Å². The maximum atomic E-state index is 13.1. The number of hydrogen-bond acceptors (Lipinski definition) is 7. The van der Waals surface area contributed by atoms with Crippen molar-refractivity contribution >= 4 is 17.4 Å². The smallest absolute Gasteiger partial charge is 0.296 e. The molecule has 3 aromatic rings. The maximum absolute atomic E-state index is 13.1. The molecule has 1 saturated heterocycles. The number of methoxy groups -OCH3 is 2. The van der Waals surface area contributed by atoms with Crippen LogP contribution in [-0.2, 0) is 16.1 Å². The van der Waals surface area contributed by atoms with E-state index in [0.29, 0.717) is 22.9 Å². The molecule has 1 aromatic carbocycles. The molecule has 2 aromatic heterocycles. The van der Waals surface area contributed by atoms with E-state index in [1.54, 1.807) is 67.0 Å². The molecule has 0 aliphatic carbocycles. The van der Waals surface area contributed by atoms with E-state index >= 15 is 0 Å². The minimum absolute atomic E-state index is 0.0619. The molecule has 1 fully saturated rings. The quantitative estimate of drug-likeness (QED) is 0.363. The second-order valence-corrected chi connectivity index (χ2v) is 7.07. The molecule has 1 aliphatic heterocycles. The summed E-state index contributed by atoms with van der Waals surface area (Å²) in [4.78, 5) is 36.1. The van der Waals surface area contributed by atoms with E-state index < -0.39 is 17.7 Å². The highest BCUT2D eigenvalue weighted by atomic mass is 16.5. The van der Waals surface area contributed by atoms with Crippen LogP contribution in [-0.4, -0.2) is 45.9 Å². The number of nitrogens with zero attached hydrogens (tertiary/aromatic N) is 3. The molecule has 32 heavy (non-hydrogen) atoms. The normalized spacial score (nSPS) is 17.4. The number of ketones is 1. The van der Waals surface area contributed by atoms with Crippen LogP contribution < -0.4 is 9.47 Å². The average Bonchev–Trinajstić information content (AvgIpc) is 3.09. The first-order valence-corrected chi connectivity index (χ1v) is 9.86. The van der Waals surface area contributed by atoms with Gasteiger partial charge in [0.1, 0.15) is 23.3 Å². The summed E-state index contributed by atoms with van der Waals surface area (Å²) >= 11 is 0. The lowest BCUT2D eigenvalue weighted by molar-refractivity contribution is -0.140. The molecular formula is C24H21N3O5. The molecule has 1 aliphatic rings. The molecule has 4 rings (SSSR count). The first-order valence-electron chi connectivity index (χ1n) is 9.86.